The maximum absolute atomic E-state index is 11.1. The Morgan fingerprint density at radius 2 is 1.82 bits per heavy atom. The van der Waals surface area contributed by atoms with Crippen molar-refractivity contribution in [2.24, 2.45) is 0 Å². The molecule has 1 aromatic rings. The van der Waals surface area contributed by atoms with Crippen molar-refractivity contribution in [3.05, 3.63) is 35.4 Å². The molecule has 1 atom stereocenters. The van der Waals surface area contributed by atoms with E-state index in [0.717, 1.165) is 13.0 Å². The minimum Gasteiger partial charge on any atom is -0.355 e. The summed E-state index contributed by atoms with van der Waals surface area (Å²) in [5, 5.41) is 2.94. The van der Waals surface area contributed by atoms with Gasteiger partial charge in [0, 0.05) is 18.9 Å². The van der Waals surface area contributed by atoms with Crippen LogP contribution in [0.5, 0.6) is 0 Å². The van der Waals surface area contributed by atoms with Gasteiger partial charge in [-0.05, 0) is 23.0 Å². The topological polar surface area (TPSA) is 29.1 Å². The first-order valence-corrected chi connectivity index (χ1v) is 6.34. The Hall–Kier alpha value is -1.31. The summed E-state index contributed by atoms with van der Waals surface area (Å²) in [6.07, 6.45) is 1.63. The highest BCUT2D eigenvalue weighted by molar-refractivity contribution is 5.76. The Balaban J connectivity index is 2.10. The van der Waals surface area contributed by atoms with Gasteiger partial charge in [-0.1, -0.05) is 45.0 Å². The van der Waals surface area contributed by atoms with Crippen LogP contribution in [-0.2, 0) is 10.2 Å². The van der Waals surface area contributed by atoms with Crippen LogP contribution in [0.1, 0.15) is 50.7 Å². The van der Waals surface area contributed by atoms with Crippen molar-refractivity contribution in [2.45, 2.75) is 44.9 Å². The molecule has 92 valence electrons. The van der Waals surface area contributed by atoms with Crippen LogP contribution in [0.2, 0.25) is 0 Å². The zero-order valence-corrected chi connectivity index (χ0v) is 10.9. The largest absolute Gasteiger partial charge is 0.355 e. The second kappa shape index (κ2) is 4.52. The molecule has 1 N–H and O–H groups in total. The molecule has 17 heavy (non-hydrogen) atoms. The third-order valence-corrected chi connectivity index (χ3v) is 3.51. The molecule has 1 aliphatic heterocycles. The van der Waals surface area contributed by atoms with E-state index in [1.807, 2.05) is 0 Å². The molecule has 0 aliphatic carbocycles. The SMILES string of the molecule is CC(C)(C)c1ccc(C2CCC(=O)NC2)cc1. The van der Waals surface area contributed by atoms with E-state index in [0.29, 0.717) is 12.3 Å². The lowest BCUT2D eigenvalue weighted by Gasteiger charge is -2.24. The first-order chi connectivity index (χ1) is 7.97. The van der Waals surface area contributed by atoms with Gasteiger partial charge < -0.3 is 5.32 Å². The quantitative estimate of drug-likeness (QED) is 0.791. The summed E-state index contributed by atoms with van der Waals surface area (Å²) >= 11 is 0. The van der Waals surface area contributed by atoms with Gasteiger partial charge in [-0.3, -0.25) is 4.79 Å². The molecule has 0 aromatic heterocycles. The Labute approximate surface area is 103 Å². The first-order valence-electron chi connectivity index (χ1n) is 6.34. The smallest absolute Gasteiger partial charge is 0.220 e. The number of nitrogens with one attached hydrogen (secondary N) is 1. The van der Waals surface area contributed by atoms with Crippen LogP contribution in [0.25, 0.3) is 0 Å². The lowest BCUT2D eigenvalue weighted by molar-refractivity contribution is -0.122. The number of carbonyl (C=O) groups excluding carboxylic acids is 1. The monoisotopic (exact) mass is 231 g/mol. The highest BCUT2D eigenvalue weighted by Gasteiger charge is 2.20. The Morgan fingerprint density at radius 1 is 1.18 bits per heavy atom. The summed E-state index contributed by atoms with van der Waals surface area (Å²) in [4.78, 5) is 11.1. The molecule has 0 radical (unpaired) electrons. The lowest BCUT2D eigenvalue weighted by atomic mass is 9.84. The number of amides is 1. The number of rotatable bonds is 1. The zero-order chi connectivity index (χ0) is 12.5. The van der Waals surface area contributed by atoms with Gasteiger partial charge in [-0.2, -0.15) is 0 Å². The van der Waals surface area contributed by atoms with E-state index in [-0.39, 0.29) is 11.3 Å². The molecule has 1 aliphatic rings. The van der Waals surface area contributed by atoms with Crippen LogP contribution < -0.4 is 5.32 Å². The molecule has 2 rings (SSSR count). The van der Waals surface area contributed by atoms with Crippen LogP contribution in [0.15, 0.2) is 24.3 Å². The van der Waals surface area contributed by atoms with Gasteiger partial charge in [0.05, 0.1) is 0 Å². The number of benzene rings is 1. The maximum atomic E-state index is 11.1. The van der Waals surface area contributed by atoms with E-state index >= 15 is 0 Å². The van der Waals surface area contributed by atoms with Gasteiger partial charge in [0.2, 0.25) is 5.91 Å². The van der Waals surface area contributed by atoms with Crippen molar-refractivity contribution < 1.29 is 4.79 Å². The third kappa shape index (κ3) is 2.87. The molecule has 1 fully saturated rings. The van der Waals surface area contributed by atoms with E-state index < -0.39 is 0 Å². The zero-order valence-electron chi connectivity index (χ0n) is 10.9. The number of hydrogen-bond acceptors (Lipinski definition) is 1. The van der Waals surface area contributed by atoms with Gasteiger partial charge in [-0.15, -0.1) is 0 Å². The maximum Gasteiger partial charge on any atom is 0.220 e. The summed E-state index contributed by atoms with van der Waals surface area (Å²) in [6.45, 7) is 7.46. The van der Waals surface area contributed by atoms with Crippen LogP contribution in [-0.4, -0.2) is 12.5 Å². The van der Waals surface area contributed by atoms with Gasteiger partial charge in [-0.25, -0.2) is 0 Å². The van der Waals surface area contributed by atoms with Gasteiger partial charge in [0.1, 0.15) is 0 Å². The predicted octanol–water partition coefficient (Wildman–Crippen LogP) is 2.98. The standard InChI is InChI=1S/C15H21NO/c1-15(2,3)13-7-4-11(5-8-13)12-6-9-14(17)16-10-12/h4-5,7-8,12H,6,9-10H2,1-3H3,(H,16,17). The molecule has 1 amide bonds. The second-order valence-electron chi connectivity index (χ2n) is 5.91. The van der Waals surface area contributed by atoms with Crippen molar-refractivity contribution >= 4 is 5.91 Å². The highest BCUT2D eigenvalue weighted by Crippen LogP contribution is 2.27. The molecule has 0 saturated carbocycles. The normalized spacial score (nSPS) is 21.1. The summed E-state index contributed by atoms with van der Waals surface area (Å²) < 4.78 is 0. The van der Waals surface area contributed by atoms with E-state index in [9.17, 15) is 4.79 Å². The average Bonchev–Trinajstić information content (AvgIpc) is 2.29. The minimum atomic E-state index is 0.188. The molecule has 0 spiro atoms. The first kappa shape index (κ1) is 12.2. The predicted molar refractivity (Wildman–Crippen MR) is 70.1 cm³/mol. The van der Waals surface area contributed by atoms with E-state index in [4.69, 9.17) is 0 Å². The van der Waals surface area contributed by atoms with Gasteiger partial charge in [0.15, 0.2) is 0 Å². The lowest BCUT2D eigenvalue weighted by Crippen LogP contribution is -2.33. The summed E-state index contributed by atoms with van der Waals surface area (Å²) in [7, 11) is 0. The van der Waals surface area contributed by atoms with Crippen molar-refractivity contribution in [1.82, 2.24) is 5.32 Å². The average molecular weight is 231 g/mol. The molecule has 0 bridgehead atoms. The highest BCUT2D eigenvalue weighted by atomic mass is 16.1. The summed E-state index contributed by atoms with van der Waals surface area (Å²) in [6, 6.07) is 8.85. The Kier molecular flexibility index (Phi) is 3.23. The van der Waals surface area contributed by atoms with E-state index in [1.54, 1.807) is 0 Å². The summed E-state index contributed by atoms with van der Waals surface area (Å²) in [5.74, 6) is 0.675. The molecule has 1 unspecified atom stereocenters. The van der Waals surface area contributed by atoms with Crippen LogP contribution in [0.3, 0.4) is 0 Å². The fourth-order valence-corrected chi connectivity index (χ4v) is 2.27. The van der Waals surface area contributed by atoms with Gasteiger partial charge in [0.25, 0.3) is 0 Å². The molecule has 1 saturated heterocycles. The van der Waals surface area contributed by atoms with E-state index in [2.05, 4.69) is 50.4 Å². The molecular weight excluding hydrogens is 210 g/mol. The Morgan fingerprint density at radius 3 is 2.29 bits per heavy atom. The number of piperidine rings is 1. The van der Waals surface area contributed by atoms with Crippen molar-refractivity contribution in [1.29, 1.82) is 0 Å². The van der Waals surface area contributed by atoms with Crippen molar-refractivity contribution in [2.75, 3.05) is 6.54 Å². The van der Waals surface area contributed by atoms with Gasteiger partial charge >= 0.3 is 0 Å². The molecule has 2 heteroatoms. The molecule has 2 nitrogen and oxygen atoms in total. The van der Waals surface area contributed by atoms with Crippen molar-refractivity contribution in [3.63, 3.8) is 0 Å². The molecule has 1 heterocycles. The fourth-order valence-electron chi connectivity index (χ4n) is 2.27. The van der Waals surface area contributed by atoms with Crippen LogP contribution in [0, 0.1) is 0 Å². The summed E-state index contributed by atoms with van der Waals surface area (Å²) in [5.41, 5.74) is 2.92. The van der Waals surface area contributed by atoms with E-state index in [1.165, 1.54) is 11.1 Å². The fraction of sp³-hybridized carbons (Fsp3) is 0.533. The minimum absolute atomic E-state index is 0.188. The Bertz CT molecular complexity index is 390. The van der Waals surface area contributed by atoms with Crippen LogP contribution in [0.4, 0.5) is 0 Å². The number of carbonyl (C=O) groups is 1. The number of hydrogen-bond donors (Lipinski definition) is 1. The molecular formula is C15H21NO. The second-order valence-corrected chi connectivity index (χ2v) is 5.91. The third-order valence-electron chi connectivity index (χ3n) is 3.51. The van der Waals surface area contributed by atoms with Crippen molar-refractivity contribution in [3.8, 4) is 0 Å². The van der Waals surface area contributed by atoms with Crippen LogP contribution >= 0.6 is 0 Å². The molecule has 1 aromatic carbocycles.